The number of carbonyl (C=O) groups is 1. The van der Waals surface area contributed by atoms with E-state index in [2.05, 4.69) is 12.2 Å². The van der Waals surface area contributed by atoms with Gasteiger partial charge < -0.3 is 15.5 Å². The van der Waals surface area contributed by atoms with E-state index in [0.29, 0.717) is 13.0 Å². The molecule has 166 valence electrons. The Labute approximate surface area is 178 Å². The van der Waals surface area contributed by atoms with E-state index in [4.69, 9.17) is 0 Å². The average Bonchev–Trinajstić information content (AvgIpc) is 2.72. The molecule has 4 nitrogen and oxygen atoms in total. The Hall–Kier alpha value is -1.39. The second kappa shape index (κ2) is 17.5. The van der Waals surface area contributed by atoms with Gasteiger partial charge in [0.2, 0.25) is 0 Å². The lowest BCUT2D eigenvalue weighted by Crippen LogP contribution is -2.42. The van der Waals surface area contributed by atoms with Gasteiger partial charge in [0.1, 0.15) is 6.04 Å². The normalized spacial score (nSPS) is 13.3. The van der Waals surface area contributed by atoms with E-state index >= 15 is 0 Å². The number of nitrogens with one attached hydrogen (secondary N) is 1. The van der Waals surface area contributed by atoms with Crippen LogP contribution in [-0.2, 0) is 11.2 Å². The number of aliphatic hydroxyl groups is 1. The number of rotatable bonds is 19. The molecule has 1 unspecified atom stereocenters. The minimum Gasteiger partial charge on any atom is -0.480 e. The standard InChI is InChI=1S/C25H43NO3/c1-2-3-4-5-6-7-8-9-10-11-12-16-19-23(27)21-26-24(25(28)29)20-22-17-14-13-15-18-22/h13-15,17-18,23-24,26-27H,2-12,16,19-21H2,1H3,(H,28,29)/t23?,24-/m0/s1. The summed E-state index contributed by atoms with van der Waals surface area (Å²) in [7, 11) is 0. The average molecular weight is 406 g/mol. The van der Waals surface area contributed by atoms with Crippen molar-refractivity contribution in [3.8, 4) is 0 Å². The van der Waals surface area contributed by atoms with E-state index in [1.807, 2.05) is 30.3 Å². The zero-order valence-electron chi connectivity index (χ0n) is 18.5. The van der Waals surface area contributed by atoms with Crippen molar-refractivity contribution >= 4 is 5.97 Å². The van der Waals surface area contributed by atoms with Crippen LogP contribution in [0.1, 0.15) is 96.0 Å². The lowest BCUT2D eigenvalue weighted by atomic mass is 10.0. The molecule has 29 heavy (non-hydrogen) atoms. The molecule has 0 bridgehead atoms. The third kappa shape index (κ3) is 14.3. The minimum absolute atomic E-state index is 0.335. The molecule has 1 aromatic rings. The predicted molar refractivity (Wildman–Crippen MR) is 121 cm³/mol. The maximum Gasteiger partial charge on any atom is 0.321 e. The fraction of sp³-hybridized carbons (Fsp3) is 0.720. The van der Waals surface area contributed by atoms with Gasteiger partial charge in [-0.3, -0.25) is 4.79 Å². The van der Waals surface area contributed by atoms with E-state index < -0.39 is 18.1 Å². The molecule has 0 saturated heterocycles. The first-order chi connectivity index (χ1) is 14.1. The molecule has 0 saturated carbocycles. The molecule has 1 aromatic carbocycles. The number of hydrogen-bond acceptors (Lipinski definition) is 3. The molecule has 0 fully saturated rings. The number of aliphatic carboxylic acids is 1. The Kier molecular flexibility index (Phi) is 15.4. The van der Waals surface area contributed by atoms with Crippen molar-refractivity contribution in [1.82, 2.24) is 5.32 Å². The van der Waals surface area contributed by atoms with Crippen molar-refractivity contribution in [3.63, 3.8) is 0 Å². The highest BCUT2D eigenvalue weighted by atomic mass is 16.4. The highest BCUT2D eigenvalue weighted by Crippen LogP contribution is 2.13. The van der Waals surface area contributed by atoms with Crippen LogP contribution in [0.25, 0.3) is 0 Å². The van der Waals surface area contributed by atoms with Crippen LogP contribution >= 0.6 is 0 Å². The van der Waals surface area contributed by atoms with Gasteiger partial charge in [0, 0.05) is 6.54 Å². The summed E-state index contributed by atoms with van der Waals surface area (Å²) in [5.74, 6) is -0.869. The van der Waals surface area contributed by atoms with Gasteiger partial charge in [-0.05, 0) is 18.4 Å². The van der Waals surface area contributed by atoms with E-state index in [0.717, 1.165) is 24.8 Å². The smallest absolute Gasteiger partial charge is 0.321 e. The summed E-state index contributed by atoms with van der Waals surface area (Å²) in [5.41, 5.74) is 0.989. The first-order valence-electron chi connectivity index (χ1n) is 11.8. The van der Waals surface area contributed by atoms with Gasteiger partial charge in [0.15, 0.2) is 0 Å². The Balaban J connectivity index is 2.00. The summed E-state index contributed by atoms with van der Waals surface area (Å²) >= 11 is 0. The molecular formula is C25H43NO3. The van der Waals surface area contributed by atoms with E-state index in [-0.39, 0.29) is 0 Å². The Bertz CT molecular complexity index is 506. The molecule has 0 amide bonds. The number of carboxylic acids is 1. The fourth-order valence-electron chi connectivity index (χ4n) is 3.70. The first kappa shape index (κ1) is 25.6. The van der Waals surface area contributed by atoms with Crippen LogP contribution in [0.5, 0.6) is 0 Å². The predicted octanol–water partition coefficient (Wildman–Crippen LogP) is 5.72. The van der Waals surface area contributed by atoms with Crippen LogP contribution in [-0.4, -0.2) is 34.9 Å². The molecule has 0 radical (unpaired) electrons. The Morgan fingerprint density at radius 3 is 1.90 bits per heavy atom. The minimum atomic E-state index is -0.869. The molecular weight excluding hydrogens is 362 g/mol. The zero-order valence-corrected chi connectivity index (χ0v) is 18.5. The number of aliphatic hydroxyl groups excluding tert-OH is 1. The first-order valence-corrected chi connectivity index (χ1v) is 11.8. The van der Waals surface area contributed by atoms with Crippen molar-refractivity contribution in [2.45, 2.75) is 109 Å². The number of hydrogen-bond donors (Lipinski definition) is 3. The highest BCUT2D eigenvalue weighted by molar-refractivity contribution is 5.73. The number of unbranched alkanes of at least 4 members (excludes halogenated alkanes) is 11. The van der Waals surface area contributed by atoms with Crippen LogP contribution in [0.2, 0.25) is 0 Å². The molecule has 0 heterocycles. The molecule has 0 spiro atoms. The lowest BCUT2D eigenvalue weighted by Gasteiger charge is -2.17. The molecule has 1 rings (SSSR count). The maximum absolute atomic E-state index is 11.4. The van der Waals surface area contributed by atoms with Crippen LogP contribution in [0.3, 0.4) is 0 Å². The van der Waals surface area contributed by atoms with Gasteiger partial charge in [-0.2, -0.15) is 0 Å². The van der Waals surface area contributed by atoms with Crippen molar-refractivity contribution in [1.29, 1.82) is 0 Å². The van der Waals surface area contributed by atoms with Gasteiger partial charge >= 0.3 is 5.97 Å². The van der Waals surface area contributed by atoms with Crippen LogP contribution < -0.4 is 5.32 Å². The third-order valence-corrected chi connectivity index (χ3v) is 5.57. The third-order valence-electron chi connectivity index (χ3n) is 5.57. The molecule has 0 aliphatic heterocycles. The molecule has 4 heteroatoms. The molecule has 2 atom stereocenters. The van der Waals surface area contributed by atoms with Crippen molar-refractivity contribution in [2.75, 3.05) is 6.54 Å². The van der Waals surface area contributed by atoms with Crippen molar-refractivity contribution < 1.29 is 15.0 Å². The van der Waals surface area contributed by atoms with Gasteiger partial charge in [-0.1, -0.05) is 114 Å². The molecule has 0 aromatic heterocycles. The van der Waals surface area contributed by atoms with Crippen molar-refractivity contribution in [2.24, 2.45) is 0 Å². The quantitative estimate of drug-likeness (QED) is 0.257. The van der Waals surface area contributed by atoms with Gasteiger partial charge in [0.05, 0.1) is 6.10 Å². The van der Waals surface area contributed by atoms with E-state index in [1.54, 1.807) is 0 Å². The number of carboxylic acid groups (broad SMARTS) is 1. The van der Waals surface area contributed by atoms with E-state index in [9.17, 15) is 15.0 Å². The summed E-state index contributed by atoms with van der Waals surface area (Å²) in [6, 6.07) is 8.95. The summed E-state index contributed by atoms with van der Waals surface area (Å²) in [4.78, 5) is 11.4. The van der Waals surface area contributed by atoms with Crippen LogP contribution in [0, 0.1) is 0 Å². The summed E-state index contributed by atoms with van der Waals surface area (Å²) in [6.07, 6.45) is 16.3. The lowest BCUT2D eigenvalue weighted by molar-refractivity contribution is -0.139. The molecule has 0 aliphatic rings. The number of benzene rings is 1. The fourth-order valence-corrected chi connectivity index (χ4v) is 3.70. The van der Waals surface area contributed by atoms with Gasteiger partial charge in [-0.25, -0.2) is 0 Å². The Morgan fingerprint density at radius 2 is 1.38 bits per heavy atom. The zero-order chi connectivity index (χ0) is 21.2. The van der Waals surface area contributed by atoms with E-state index in [1.165, 1.54) is 64.2 Å². The molecule has 0 aliphatic carbocycles. The van der Waals surface area contributed by atoms with Crippen LogP contribution in [0.4, 0.5) is 0 Å². The monoisotopic (exact) mass is 405 g/mol. The second-order valence-corrected chi connectivity index (χ2v) is 8.32. The SMILES string of the molecule is CCCCCCCCCCCCCCC(O)CN[C@@H](Cc1ccccc1)C(=O)O. The topological polar surface area (TPSA) is 69.6 Å². The second-order valence-electron chi connectivity index (χ2n) is 8.32. The van der Waals surface area contributed by atoms with Crippen LogP contribution in [0.15, 0.2) is 30.3 Å². The van der Waals surface area contributed by atoms with Gasteiger partial charge in [-0.15, -0.1) is 0 Å². The Morgan fingerprint density at radius 1 is 0.862 bits per heavy atom. The summed E-state index contributed by atoms with van der Waals surface area (Å²) < 4.78 is 0. The van der Waals surface area contributed by atoms with Crippen molar-refractivity contribution in [3.05, 3.63) is 35.9 Å². The summed E-state index contributed by atoms with van der Waals surface area (Å²) in [5, 5.41) is 22.6. The maximum atomic E-state index is 11.4. The molecule has 3 N–H and O–H groups in total. The largest absolute Gasteiger partial charge is 0.480 e. The summed E-state index contributed by atoms with van der Waals surface area (Å²) in [6.45, 7) is 2.59. The highest BCUT2D eigenvalue weighted by Gasteiger charge is 2.18. The van der Waals surface area contributed by atoms with Gasteiger partial charge in [0.25, 0.3) is 0 Å².